The minimum absolute atomic E-state index is 0.0980. The molecule has 2 heterocycles. The number of hydrogen-bond acceptors (Lipinski definition) is 4. The molecule has 2 aromatic carbocycles. The van der Waals surface area contributed by atoms with E-state index < -0.39 is 0 Å². The van der Waals surface area contributed by atoms with Gasteiger partial charge in [-0.05, 0) is 30.7 Å². The number of nitrogens with zero attached hydrogens (tertiary/aromatic N) is 3. The standard InChI is InChI=1S/C21H21N3O2/c1-16-7-9-18(10-8-16)24-20(25)19(15-17-5-3-2-4-6-17)22-21(24)23-11-13-26-14-12-23/h2-10,15H,11-14H2,1H3. The summed E-state index contributed by atoms with van der Waals surface area (Å²) in [6.45, 7) is 4.78. The van der Waals surface area contributed by atoms with Gasteiger partial charge in [0, 0.05) is 13.1 Å². The van der Waals surface area contributed by atoms with Crippen LogP contribution in [-0.4, -0.2) is 43.1 Å². The highest BCUT2D eigenvalue weighted by Gasteiger charge is 2.35. The number of carbonyl (C=O) groups excluding carboxylic acids is 1. The van der Waals surface area contributed by atoms with Crippen molar-refractivity contribution in [1.82, 2.24) is 4.90 Å². The highest BCUT2D eigenvalue weighted by atomic mass is 16.5. The Balaban J connectivity index is 1.73. The molecule has 0 spiro atoms. The molecule has 0 N–H and O–H groups in total. The molecule has 0 unspecified atom stereocenters. The van der Waals surface area contributed by atoms with Crippen molar-refractivity contribution in [2.75, 3.05) is 31.2 Å². The SMILES string of the molecule is Cc1ccc(N2C(=O)C(=Cc3ccccc3)N=C2N2CCOCC2)cc1. The molecule has 132 valence electrons. The summed E-state index contributed by atoms with van der Waals surface area (Å²) in [5, 5.41) is 0. The topological polar surface area (TPSA) is 45.1 Å². The quantitative estimate of drug-likeness (QED) is 0.785. The van der Waals surface area contributed by atoms with Gasteiger partial charge < -0.3 is 9.64 Å². The lowest BCUT2D eigenvalue weighted by atomic mass is 10.2. The van der Waals surface area contributed by atoms with Crippen molar-refractivity contribution in [2.24, 2.45) is 4.99 Å². The van der Waals surface area contributed by atoms with Gasteiger partial charge in [0.05, 0.1) is 18.9 Å². The molecule has 5 heteroatoms. The smallest absolute Gasteiger partial charge is 0.283 e. The maximum absolute atomic E-state index is 13.1. The van der Waals surface area contributed by atoms with E-state index in [4.69, 9.17) is 9.73 Å². The number of aliphatic imine (C=N–C) groups is 1. The largest absolute Gasteiger partial charge is 0.378 e. The van der Waals surface area contributed by atoms with Gasteiger partial charge in [0.15, 0.2) is 0 Å². The van der Waals surface area contributed by atoms with E-state index in [-0.39, 0.29) is 5.91 Å². The van der Waals surface area contributed by atoms with Crippen molar-refractivity contribution >= 4 is 23.6 Å². The summed E-state index contributed by atoms with van der Waals surface area (Å²) in [6.07, 6.45) is 1.84. The van der Waals surface area contributed by atoms with Crippen LogP contribution >= 0.6 is 0 Å². The molecule has 0 saturated carbocycles. The van der Waals surface area contributed by atoms with Gasteiger partial charge in [0.2, 0.25) is 5.96 Å². The van der Waals surface area contributed by atoms with Crippen molar-refractivity contribution in [2.45, 2.75) is 6.92 Å². The van der Waals surface area contributed by atoms with Crippen molar-refractivity contribution < 1.29 is 9.53 Å². The lowest BCUT2D eigenvalue weighted by molar-refractivity contribution is -0.113. The monoisotopic (exact) mass is 347 g/mol. The summed E-state index contributed by atoms with van der Waals surface area (Å²) in [4.78, 5) is 21.7. The van der Waals surface area contributed by atoms with E-state index in [0.717, 1.165) is 29.9 Å². The van der Waals surface area contributed by atoms with Crippen LogP contribution in [0.15, 0.2) is 65.3 Å². The average Bonchev–Trinajstić information content (AvgIpc) is 3.00. The first-order chi connectivity index (χ1) is 12.7. The Hall–Kier alpha value is -2.92. The Morgan fingerprint density at radius 1 is 1.00 bits per heavy atom. The number of benzene rings is 2. The van der Waals surface area contributed by atoms with Crippen LogP contribution in [0, 0.1) is 6.92 Å². The molecule has 2 aliphatic rings. The molecule has 0 radical (unpaired) electrons. The van der Waals surface area contributed by atoms with E-state index in [1.54, 1.807) is 4.90 Å². The lowest BCUT2D eigenvalue weighted by Crippen LogP contribution is -2.48. The molecular formula is C21H21N3O2. The Bertz CT molecular complexity index is 851. The summed E-state index contributed by atoms with van der Waals surface area (Å²) < 4.78 is 5.45. The number of aryl methyl sites for hydroxylation is 1. The van der Waals surface area contributed by atoms with Gasteiger partial charge in [-0.25, -0.2) is 9.89 Å². The van der Waals surface area contributed by atoms with Crippen LogP contribution in [0.1, 0.15) is 11.1 Å². The predicted molar refractivity (Wildman–Crippen MR) is 103 cm³/mol. The normalized spacial score (nSPS) is 19.2. The fourth-order valence-corrected chi connectivity index (χ4v) is 3.11. The van der Waals surface area contributed by atoms with Crippen LogP contribution in [0.3, 0.4) is 0 Å². The molecule has 2 aromatic rings. The minimum atomic E-state index is -0.0980. The maximum atomic E-state index is 13.1. The van der Waals surface area contributed by atoms with Gasteiger partial charge in [0.25, 0.3) is 5.91 Å². The molecule has 0 aromatic heterocycles. The first-order valence-electron chi connectivity index (χ1n) is 8.81. The van der Waals surface area contributed by atoms with Gasteiger partial charge in [-0.15, -0.1) is 0 Å². The van der Waals surface area contributed by atoms with E-state index in [0.29, 0.717) is 24.9 Å². The van der Waals surface area contributed by atoms with Crippen LogP contribution in [0.2, 0.25) is 0 Å². The van der Waals surface area contributed by atoms with Crippen LogP contribution in [0.5, 0.6) is 0 Å². The van der Waals surface area contributed by atoms with E-state index in [9.17, 15) is 4.79 Å². The number of rotatable bonds is 2. The maximum Gasteiger partial charge on any atom is 0.283 e. The van der Waals surface area contributed by atoms with E-state index in [1.807, 2.05) is 67.6 Å². The molecule has 26 heavy (non-hydrogen) atoms. The molecule has 0 aliphatic carbocycles. The number of guanidine groups is 1. The second kappa shape index (κ2) is 7.14. The molecule has 0 atom stereocenters. The highest BCUT2D eigenvalue weighted by molar-refractivity contribution is 6.28. The van der Waals surface area contributed by atoms with Gasteiger partial charge in [0.1, 0.15) is 5.70 Å². The number of ether oxygens (including phenoxy) is 1. The number of anilines is 1. The zero-order chi connectivity index (χ0) is 17.9. The summed E-state index contributed by atoms with van der Waals surface area (Å²) in [6, 6.07) is 17.8. The van der Waals surface area contributed by atoms with Gasteiger partial charge in [-0.3, -0.25) is 4.79 Å². The Morgan fingerprint density at radius 2 is 1.69 bits per heavy atom. The molecule has 4 rings (SSSR count). The fourth-order valence-electron chi connectivity index (χ4n) is 3.11. The predicted octanol–water partition coefficient (Wildman–Crippen LogP) is 3.07. The summed E-state index contributed by atoms with van der Waals surface area (Å²) in [5.74, 6) is 0.587. The number of hydrogen-bond donors (Lipinski definition) is 0. The lowest BCUT2D eigenvalue weighted by Gasteiger charge is -2.32. The third-order valence-electron chi connectivity index (χ3n) is 4.53. The molecular weight excluding hydrogens is 326 g/mol. The second-order valence-electron chi connectivity index (χ2n) is 6.43. The third-order valence-corrected chi connectivity index (χ3v) is 4.53. The summed E-state index contributed by atoms with van der Waals surface area (Å²) in [7, 11) is 0. The molecule has 1 fully saturated rings. The summed E-state index contributed by atoms with van der Waals surface area (Å²) >= 11 is 0. The molecule has 1 saturated heterocycles. The van der Waals surface area contributed by atoms with Crippen LogP contribution in [-0.2, 0) is 9.53 Å². The van der Waals surface area contributed by atoms with Crippen LogP contribution in [0.25, 0.3) is 6.08 Å². The molecule has 1 amide bonds. The average molecular weight is 347 g/mol. The number of morpholine rings is 1. The van der Waals surface area contributed by atoms with Gasteiger partial charge in [-0.1, -0.05) is 48.0 Å². The van der Waals surface area contributed by atoms with E-state index >= 15 is 0 Å². The van der Waals surface area contributed by atoms with Crippen LogP contribution in [0.4, 0.5) is 5.69 Å². The first-order valence-corrected chi connectivity index (χ1v) is 8.81. The first kappa shape index (κ1) is 16.5. The minimum Gasteiger partial charge on any atom is -0.378 e. The van der Waals surface area contributed by atoms with Crippen LogP contribution < -0.4 is 4.90 Å². The third kappa shape index (κ3) is 3.26. The molecule has 5 nitrogen and oxygen atoms in total. The Labute approximate surface area is 153 Å². The van der Waals surface area contributed by atoms with Crippen molar-refractivity contribution in [3.05, 3.63) is 71.4 Å². The molecule has 0 bridgehead atoms. The van der Waals surface area contributed by atoms with Crippen molar-refractivity contribution in [3.8, 4) is 0 Å². The van der Waals surface area contributed by atoms with Gasteiger partial charge in [-0.2, -0.15) is 0 Å². The van der Waals surface area contributed by atoms with Gasteiger partial charge >= 0.3 is 0 Å². The highest BCUT2D eigenvalue weighted by Crippen LogP contribution is 2.27. The number of amides is 1. The van der Waals surface area contributed by atoms with Crippen molar-refractivity contribution in [3.63, 3.8) is 0 Å². The van der Waals surface area contributed by atoms with E-state index in [2.05, 4.69) is 4.90 Å². The van der Waals surface area contributed by atoms with Crippen molar-refractivity contribution in [1.29, 1.82) is 0 Å². The number of carbonyl (C=O) groups is 1. The summed E-state index contributed by atoms with van der Waals surface area (Å²) in [5.41, 5.74) is 3.41. The Kier molecular flexibility index (Phi) is 4.54. The Morgan fingerprint density at radius 3 is 2.38 bits per heavy atom. The second-order valence-corrected chi connectivity index (χ2v) is 6.43. The molecule has 2 aliphatic heterocycles. The zero-order valence-corrected chi connectivity index (χ0v) is 14.8. The fraction of sp³-hybridized carbons (Fsp3) is 0.238. The van der Waals surface area contributed by atoms with E-state index in [1.165, 1.54) is 0 Å². The zero-order valence-electron chi connectivity index (χ0n) is 14.8.